The fourth-order valence-electron chi connectivity index (χ4n) is 1.93. The zero-order chi connectivity index (χ0) is 22.0. The van der Waals surface area contributed by atoms with Crippen LogP contribution in [0.1, 0.15) is 11.1 Å². The number of rotatable bonds is 8. The van der Waals surface area contributed by atoms with Crippen LogP contribution in [0, 0.1) is 0 Å². The van der Waals surface area contributed by atoms with Gasteiger partial charge in [-0.25, -0.2) is 9.59 Å². The van der Waals surface area contributed by atoms with E-state index in [1.807, 2.05) is 0 Å². The number of benzene rings is 2. The lowest BCUT2D eigenvalue weighted by molar-refractivity contribution is -0.131. The fraction of sp³-hybridized carbons (Fsp3) is 0. The Bertz CT molecular complexity index is 1080. The van der Waals surface area contributed by atoms with E-state index in [2.05, 4.69) is 8.37 Å². The smallest absolute Gasteiger partial charge is 0.339 e. The Morgan fingerprint density at radius 2 is 0.933 bits per heavy atom. The van der Waals surface area contributed by atoms with Crippen molar-refractivity contribution in [2.75, 3.05) is 0 Å². The van der Waals surface area contributed by atoms with Crippen molar-refractivity contribution in [1.29, 1.82) is 0 Å². The summed E-state index contributed by atoms with van der Waals surface area (Å²) in [6, 6.07) is 16.8. The molecule has 0 bridgehead atoms. The molecule has 30 heavy (non-hydrogen) atoms. The van der Waals surface area contributed by atoms with Gasteiger partial charge in [0.05, 0.1) is 10.8 Å². The standard InChI is InChI=1S/C20H16O8S2/c21-19(27-29(23,24)15-13-17-7-3-1-4-8-17)11-12-20(22)28-30(25,26)16-14-18-9-5-2-6-10-18/h1-16H/b12-11-,15-13?,16-14?. The first-order chi connectivity index (χ1) is 14.2. The summed E-state index contributed by atoms with van der Waals surface area (Å²) in [5.41, 5.74) is 1.12. The van der Waals surface area contributed by atoms with Crippen molar-refractivity contribution in [3.05, 3.63) is 94.8 Å². The summed E-state index contributed by atoms with van der Waals surface area (Å²) in [6.07, 6.45) is 3.30. The molecule has 0 aliphatic carbocycles. The Morgan fingerprint density at radius 1 is 0.600 bits per heavy atom. The van der Waals surface area contributed by atoms with E-state index in [0.717, 1.165) is 0 Å². The molecule has 0 saturated carbocycles. The van der Waals surface area contributed by atoms with Gasteiger partial charge in [-0.15, -0.1) is 0 Å². The molecule has 8 nitrogen and oxygen atoms in total. The average molecular weight is 448 g/mol. The van der Waals surface area contributed by atoms with E-state index in [9.17, 15) is 26.4 Å². The van der Waals surface area contributed by atoms with Crippen LogP contribution < -0.4 is 0 Å². The summed E-state index contributed by atoms with van der Waals surface area (Å²) < 4.78 is 55.4. The van der Waals surface area contributed by atoms with Crippen molar-refractivity contribution in [3.8, 4) is 0 Å². The molecule has 0 saturated heterocycles. The summed E-state index contributed by atoms with van der Waals surface area (Å²) >= 11 is 0. The lowest BCUT2D eigenvalue weighted by Crippen LogP contribution is -2.11. The molecule has 2 aromatic carbocycles. The van der Waals surface area contributed by atoms with Crippen molar-refractivity contribution < 1.29 is 34.8 Å². The Labute approximate surface area is 174 Å². The maximum atomic E-state index is 11.7. The Hall–Kier alpha value is -3.50. The van der Waals surface area contributed by atoms with Crippen molar-refractivity contribution in [1.82, 2.24) is 0 Å². The maximum absolute atomic E-state index is 11.7. The van der Waals surface area contributed by atoms with Crippen molar-refractivity contribution in [2.24, 2.45) is 0 Å². The molecular weight excluding hydrogens is 432 g/mol. The van der Waals surface area contributed by atoms with Gasteiger partial charge in [0.15, 0.2) is 0 Å². The molecule has 0 unspecified atom stereocenters. The lowest BCUT2D eigenvalue weighted by atomic mass is 10.2. The van der Waals surface area contributed by atoms with Crippen LogP contribution in [-0.2, 0) is 38.2 Å². The van der Waals surface area contributed by atoms with Crippen LogP contribution in [-0.4, -0.2) is 28.8 Å². The summed E-state index contributed by atoms with van der Waals surface area (Å²) in [4.78, 5) is 23.1. The van der Waals surface area contributed by atoms with E-state index in [1.165, 1.54) is 12.2 Å². The zero-order valence-electron chi connectivity index (χ0n) is 15.3. The molecule has 0 aliphatic heterocycles. The van der Waals surface area contributed by atoms with E-state index in [-0.39, 0.29) is 0 Å². The molecule has 0 atom stereocenters. The van der Waals surface area contributed by atoms with Crippen molar-refractivity contribution in [2.45, 2.75) is 0 Å². The highest BCUT2D eigenvalue weighted by atomic mass is 32.2. The summed E-state index contributed by atoms with van der Waals surface area (Å²) in [6.45, 7) is 0. The normalized spacial score (nSPS) is 12.4. The van der Waals surface area contributed by atoms with E-state index in [0.29, 0.717) is 34.1 Å². The Kier molecular flexibility index (Phi) is 7.84. The topological polar surface area (TPSA) is 121 Å². The highest BCUT2D eigenvalue weighted by Gasteiger charge is 2.14. The highest BCUT2D eigenvalue weighted by Crippen LogP contribution is 2.07. The number of hydrogen-bond acceptors (Lipinski definition) is 8. The summed E-state index contributed by atoms with van der Waals surface area (Å²) in [5, 5.41) is 1.34. The molecule has 0 N–H and O–H groups in total. The molecule has 2 aromatic rings. The van der Waals surface area contributed by atoms with Crippen LogP contribution in [0.3, 0.4) is 0 Å². The molecule has 0 fully saturated rings. The van der Waals surface area contributed by atoms with Gasteiger partial charge >= 0.3 is 32.2 Å². The summed E-state index contributed by atoms with van der Waals surface area (Å²) in [5.74, 6) is -2.80. The van der Waals surface area contributed by atoms with E-state index < -0.39 is 32.2 Å². The van der Waals surface area contributed by atoms with Gasteiger partial charge in [-0.05, 0) is 23.3 Å². The zero-order valence-corrected chi connectivity index (χ0v) is 17.0. The quantitative estimate of drug-likeness (QED) is 0.446. The van der Waals surface area contributed by atoms with E-state index in [4.69, 9.17) is 0 Å². The van der Waals surface area contributed by atoms with E-state index >= 15 is 0 Å². The van der Waals surface area contributed by atoms with Gasteiger partial charge in [-0.2, -0.15) is 16.8 Å². The third kappa shape index (κ3) is 8.67. The molecule has 0 aliphatic rings. The van der Waals surface area contributed by atoms with E-state index in [1.54, 1.807) is 60.7 Å². The van der Waals surface area contributed by atoms with Crippen LogP contribution in [0.25, 0.3) is 12.2 Å². The predicted molar refractivity (Wildman–Crippen MR) is 110 cm³/mol. The monoisotopic (exact) mass is 448 g/mol. The van der Waals surface area contributed by atoms with Crippen LogP contribution in [0.5, 0.6) is 0 Å². The van der Waals surface area contributed by atoms with Gasteiger partial charge in [0.1, 0.15) is 0 Å². The van der Waals surface area contributed by atoms with Gasteiger partial charge in [0, 0.05) is 12.2 Å². The highest BCUT2D eigenvalue weighted by molar-refractivity contribution is 7.90. The first-order valence-corrected chi connectivity index (χ1v) is 11.2. The molecule has 10 heteroatoms. The molecule has 0 aromatic heterocycles. The minimum Gasteiger partial charge on any atom is -0.339 e. The minimum absolute atomic E-state index is 0.437. The lowest BCUT2D eigenvalue weighted by Gasteiger charge is -1.99. The van der Waals surface area contributed by atoms with Crippen LogP contribution in [0.2, 0.25) is 0 Å². The fourth-order valence-corrected chi connectivity index (χ4v) is 3.26. The second-order valence-corrected chi connectivity index (χ2v) is 8.40. The second-order valence-electron chi connectivity index (χ2n) is 5.55. The first-order valence-electron chi connectivity index (χ1n) is 8.26. The Morgan fingerprint density at radius 3 is 1.27 bits per heavy atom. The van der Waals surface area contributed by atoms with Crippen LogP contribution in [0.4, 0.5) is 0 Å². The largest absolute Gasteiger partial charge is 0.347 e. The van der Waals surface area contributed by atoms with Crippen molar-refractivity contribution >= 4 is 44.3 Å². The van der Waals surface area contributed by atoms with Gasteiger partial charge in [0.25, 0.3) is 0 Å². The minimum atomic E-state index is -4.36. The van der Waals surface area contributed by atoms with Gasteiger partial charge in [-0.3, -0.25) is 0 Å². The number of carbonyl (C=O) groups is 2. The van der Waals surface area contributed by atoms with Gasteiger partial charge in [-0.1, -0.05) is 60.7 Å². The SMILES string of the molecule is O=C(/C=C\C(=O)OS(=O)(=O)C=Cc1ccccc1)OS(=O)(=O)C=Cc1ccccc1. The van der Waals surface area contributed by atoms with Crippen molar-refractivity contribution in [3.63, 3.8) is 0 Å². The number of carbonyl (C=O) groups excluding carboxylic acids is 2. The van der Waals surface area contributed by atoms with Crippen LogP contribution in [0.15, 0.2) is 83.6 Å². The molecule has 0 heterocycles. The van der Waals surface area contributed by atoms with Crippen LogP contribution >= 0.6 is 0 Å². The molecule has 156 valence electrons. The molecule has 2 rings (SSSR count). The molecule has 0 radical (unpaired) electrons. The molecular formula is C20H16O8S2. The first kappa shape index (κ1) is 22.8. The average Bonchev–Trinajstić information content (AvgIpc) is 2.70. The summed E-state index contributed by atoms with van der Waals surface area (Å²) in [7, 11) is -8.73. The van der Waals surface area contributed by atoms with Gasteiger partial charge < -0.3 is 8.37 Å². The second kappa shape index (κ2) is 10.3. The molecule has 0 spiro atoms. The third-order valence-corrected chi connectivity index (χ3v) is 4.94. The predicted octanol–water partition coefficient (Wildman–Crippen LogP) is 2.63. The molecule has 0 amide bonds. The maximum Gasteiger partial charge on any atom is 0.347 e. The Balaban J connectivity index is 1.91. The van der Waals surface area contributed by atoms with Gasteiger partial charge in [0.2, 0.25) is 0 Å². The number of hydrogen-bond donors (Lipinski definition) is 0. The third-order valence-electron chi connectivity index (χ3n) is 3.21.